The Morgan fingerprint density at radius 1 is 1.07 bits per heavy atom. The average molecular weight is 370 g/mol. The van der Waals surface area contributed by atoms with E-state index in [1.54, 1.807) is 48.4 Å². The van der Waals surface area contributed by atoms with Gasteiger partial charge in [0, 0.05) is 24.7 Å². The van der Waals surface area contributed by atoms with Crippen LogP contribution in [-0.4, -0.2) is 36.9 Å². The molecule has 1 heterocycles. The summed E-state index contributed by atoms with van der Waals surface area (Å²) in [6.07, 6.45) is 1.53. The molecule has 0 saturated carbocycles. The van der Waals surface area contributed by atoms with Crippen LogP contribution >= 0.6 is 0 Å². The molecule has 0 unspecified atom stereocenters. The highest BCUT2D eigenvalue weighted by molar-refractivity contribution is 5.92. The standard InChI is InChI=1S/C21H23FN2O3/c1-27-19-8-6-18(7-9-19)23-21(26)16-10-12-24(13-11-16)20(25)14-15-2-4-17(22)5-3-15/h2-9,16H,10-14H2,1H3,(H,23,26). The van der Waals surface area contributed by atoms with Gasteiger partial charge in [-0.15, -0.1) is 0 Å². The molecule has 2 aromatic carbocycles. The number of rotatable bonds is 5. The van der Waals surface area contributed by atoms with Gasteiger partial charge in [-0.05, 0) is 54.8 Å². The molecule has 0 spiro atoms. The fourth-order valence-electron chi connectivity index (χ4n) is 3.20. The molecule has 3 rings (SSSR count). The number of piperidine rings is 1. The van der Waals surface area contributed by atoms with Crippen LogP contribution in [0.15, 0.2) is 48.5 Å². The summed E-state index contributed by atoms with van der Waals surface area (Å²) in [6.45, 7) is 1.11. The predicted molar refractivity (Wildman–Crippen MR) is 101 cm³/mol. The maximum Gasteiger partial charge on any atom is 0.227 e. The van der Waals surface area contributed by atoms with E-state index in [4.69, 9.17) is 4.74 Å². The lowest BCUT2D eigenvalue weighted by Gasteiger charge is -2.31. The summed E-state index contributed by atoms with van der Waals surface area (Å²) < 4.78 is 18.1. The van der Waals surface area contributed by atoms with Crippen molar-refractivity contribution in [3.8, 4) is 5.75 Å². The Hall–Kier alpha value is -2.89. The minimum atomic E-state index is -0.310. The van der Waals surface area contributed by atoms with Crippen molar-refractivity contribution < 1.29 is 18.7 Å². The summed E-state index contributed by atoms with van der Waals surface area (Å²) in [5, 5.41) is 2.92. The molecule has 0 radical (unpaired) electrons. The molecule has 2 amide bonds. The number of hydrogen-bond donors (Lipinski definition) is 1. The Bertz CT molecular complexity index is 782. The van der Waals surface area contributed by atoms with Crippen LogP contribution in [0.4, 0.5) is 10.1 Å². The number of likely N-dealkylation sites (tertiary alicyclic amines) is 1. The molecule has 1 fully saturated rings. The Morgan fingerprint density at radius 3 is 2.30 bits per heavy atom. The third-order valence-electron chi connectivity index (χ3n) is 4.84. The van der Waals surface area contributed by atoms with Crippen LogP contribution in [0.1, 0.15) is 18.4 Å². The third-order valence-corrected chi connectivity index (χ3v) is 4.84. The molecule has 1 saturated heterocycles. The van der Waals surface area contributed by atoms with Gasteiger partial charge in [0.05, 0.1) is 13.5 Å². The molecule has 142 valence electrons. The van der Waals surface area contributed by atoms with Gasteiger partial charge in [-0.25, -0.2) is 4.39 Å². The van der Waals surface area contributed by atoms with Gasteiger partial charge in [0.25, 0.3) is 0 Å². The lowest BCUT2D eigenvalue weighted by Crippen LogP contribution is -2.42. The van der Waals surface area contributed by atoms with Gasteiger partial charge in [-0.1, -0.05) is 12.1 Å². The zero-order chi connectivity index (χ0) is 19.2. The fraction of sp³-hybridized carbons (Fsp3) is 0.333. The van der Waals surface area contributed by atoms with Crippen LogP contribution in [0.25, 0.3) is 0 Å². The number of carbonyl (C=O) groups is 2. The van der Waals surface area contributed by atoms with E-state index in [0.717, 1.165) is 17.0 Å². The van der Waals surface area contributed by atoms with Crippen molar-refractivity contribution in [2.75, 3.05) is 25.5 Å². The largest absolute Gasteiger partial charge is 0.497 e. The highest BCUT2D eigenvalue weighted by Gasteiger charge is 2.27. The summed E-state index contributed by atoms with van der Waals surface area (Å²) in [5.74, 6) is 0.305. The predicted octanol–water partition coefficient (Wildman–Crippen LogP) is 3.25. The topological polar surface area (TPSA) is 58.6 Å². The number of benzene rings is 2. The van der Waals surface area contributed by atoms with Crippen molar-refractivity contribution in [1.82, 2.24) is 4.90 Å². The second-order valence-electron chi connectivity index (χ2n) is 6.68. The normalized spacial score (nSPS) is 14.7. The van der Waals surface area contributed by atoms with E-state index >= 15 is 0 Å². The van der Waals surface area contributed by atoms with Crippen LogP contribution in [0.2, 0.25) is 0 Å². The second-order valence-corrected chi connectivity index (χ2v) is 6.68. The van der Waals surface area contributed by atoms with E-state index in [-0.39, 0.29) is 30.0 Å². The summed E-state index contributed by atoms with van der Waals surface area (Å²) in [5.41, 5.74) is 1.52. The molecule has 1 aliphatic rings. The van der Waals surface area contributed by atoms with Gasteiger partial charge in [0.15, 0.2) is 0 Å². The van der Waals surface area contributed by atoms with Crippen LogP contribution in [-0.2, 0) is 16.0 Å². The molecule has 0 bridgehead atoms. The molecule has 27 heavy (non-hydrogen) atoms. The number of amides is 2. The molecule has 2 aromatic rings. The molecule has 6 heteroatoms. The van der Waals surface area contributed by atoms with Crippen molar-refractivity contribution >= 4 is 17.5 Å². The van der Waals surface area contributed by atoms with Crippen LogP contribution in [0.5, 0.6) is 5.75 Å². The number of anilines is 1. The molecular formula is C21H23FN2O3. The number of methoxy groups -OCH3 is 1. The van der Waals surface area contributed by atoms with E-state index in [1.807, 2.05) is 0 Å². The number of ether oxygens (including phenoxy) is 1. The first-order valence-corrected chi connectivity index (χ1v) is 9.02. The molecular weight excluding hydrogens is 347 g/mol. The molecule has 1 aliphatic heterocycles. The Morgan fingerprint density at radius 2 is 1.70 bits per heavy atom. The first-order valence-electron chi connectivity index (χ1n) is 9.02. The molecule has 5 nitrogen and oxygen atoms in total. The maximum atomic E-state index is 13.0. The van der Waals surface area contributed by atoms with E-state index in [2.05, 4.69) is 5.32 Å². The van der Waals surface area contributed by atoms with Gasteiger partial charge < -0.3 is 15.0 Å². The summed E-state index contributed by atoms with van der Waals surface area (Å²) in [7, 11) is 1.60. The van der Waals surface area contributed by atoms with Gasteiger partial charge in [0.1, 0.15) is 11.6 Å². The minimum Gasteiger partial charge on any atom is -0.497 e. The molecule has 0 aromatic heterocycles. The molecule has 0 atom stereocenters. The number of nitrogens with zero attached hydrogens (tertiary/aromatic N) is 1. The Labute approximate surface area is 158 Å². The van der Waals surface area contributed by atoms with E-state index in [0.29, 0.717) is 25.9 Å². The zero-order valence-corrected chi connectivity index (χ0v) is 15.3. The van der Waals surface area contributed by atoms with Crippen molar-refractivity contribution in [3.05, 3.63) is 59.9 Å². The number of nitrogens with one attached hydrogen (secondary N) is 1. The van der Waals surface area contributed by atoms with Crippen molar-refractivity contribution in [2.45, 2.75) is 19.3 Å². The first kappa shape index (κ1) is 18.9. The van der Waals surface area contributed by atoms with E-state index in [9.17, 15) is 14.0 Å². The van der Waals surface area contributed by atoms with E-state index in [1.165, 1.54) is 12.1 Å². The third kappa shape index (κ3) is 5.06. The number of halogens is 1. The SMILES string of the molecule is COc1ccc(NC(=O)C2CCN(C(=O)Cc3ccc(F)cc3)CC2)cc1. The average Bonchev–Trinajstić information content (AvgIpc) is 2.70. The maximum absolute atomic E-state index is 13.0. The smallest absolute Gasteiger partial charge is 0.227 e. The highest BCUT2D eigenvalue weighted by atomic mass is 19.1. The van der Waals surface area contributed by atoms with Crippen molar-refractivity contribution in [1.29, 1.82) is 0 Å². The monoisotopic (exact) mass is 370 g/mol. The quantitative estimate of drug-likeness (QED) is 0.879. The minimum absolute atomic E-state index is 0.00983. The lowest BCUT2D eigenvalue weighted by atomic mass is 9.95. The van der Waals surface area contributed by atoms with E-state index < -0.39 is 0 Å². The van der Waals surface area contributed by atoms with Crippen LogP contribution < -0.4 is 10.1 Å². The summed E-state index contributed by atoms with van der Waals surface area (Å²) in [6, 6.07) is 13.2. The summed E-state index contributed by atoms with van der Waals surface area (Å²) >= 11 is 0. The fourth-order valence-corrected chi connectivity index (χ4v) is 3.20. The molecule has 1 N–H and O–H groups in total. The van der Waals surface area contributed by atoms with Gasteiger partial charge in [-0.3, -0.25) is 9.59 Å². The summed E-state index contributed by atoms with van der Waals surface area (Å²) in [4.78, 5) is 26.6. The van der Waals surface area contributed by atoms with Crippen molar-refractivity contribution in [3.63, 3.8) is 0 Å². The Balaban J connectivity index is 1.47. The van der Waals surface area contributed by atoms with Crippen LogP contribution in [0.3, 0.4) is 0 Å². The number of hydrogen-bond acceptors (Lipinski definition) is 3. The zero-order valence-electron chi connectivity index (χ0n) is 15.3. The molecule has 0 aliphatic carbocycles. The highest BCUT2D eigenvalue weighted by Crippen LogP contribution is 2.21. The van der Waals surface area contributed by atoms with Crippen LogP contribution in [0, 0.1) is 11.7 Å². The van der Waals surface area contributed by atoms with Gasteiger partial charge in [-0.2, -0.15) is 0 Å². The number of carbonyl (C=O) groups excluding carboxylic acids is 2. The Kier molecular flexibility index (Phi) is 6.06. The van der Waals surface area contributed by atoms with Gasteiger partial charge >= 0.3 is 0 Å². The second kappa shape index (κ2) is 8.66. The van der Waals surface area contributed by atoms with Gasteiger partial charge in [0.2, 0.25) is 11.8 Å². The lowest BCUT2D eigenvalue weighted by molar-refractivity contribution is -0.133. The first-order chi connectivity index (χ1) is 13.0. The van der Waals surface area contributed by atoms with Crippen molar-refractivity contribution in [2.24, 2.45) is 5.92 Å².